The average Bonchev–Trinajstić information content (AvgIpc) is 3.10. The number of benzene rings is 4. The van der Waals surface area contributed by atoms with Crippen LogP contribution < -0.4 is 14.4 Å². The molecule has 1 N–H and O–H groups in total. The Morgan fingerprint density at radius 1 is 0.875 bits per heavy atom. The summed E-state index contributed by atoms with van der Waals surface area (Å²) >= 11 is 4.98. The van der Waals surface area contributed by atoms with Crippen LogP contribution in [0.3, 0.4) is 0 Å². The second kappa shape index (κ2) is 18.1. The molecular formula is C37H42BrN3O5S2. The predicted molar refractivity (Wildman–Crippen MR) is 197 cm³/mol. The molecule has 0 aliphatic rings. The third-order valence-corrected chi connectivity index (χ3v) is 10.8. The zero-order chi connectivity index (χ0) is 34.5. The fraction of sp³-hybridized carbons (Fsp3) is 0.297. The highest BCUT2D eigenvalue weighted by Crippen LogP contribution is 2.28. The lowest BCUT2D eigenvalue weighted by atomic mass is 10.0. The van der Waals surface area contributed by atoms with Crippen LogP contribution in [0.4, 0.5) is 5.69 Å². The van der Waals surface area contributed by atoms with E-state index < -0.39 is 28.5 Å². The summed E-state index contributed by atoms with van der Waals surface area (Å²) in [7, 11) is -4.20. The molecule has 4 aromatic carbocycles. The number of rotatable bonds is 17. The first-order valence-corrected chi connectivity index (χ1v) is 19.4. The molecule has 0 radical (unpaired) electrons. The number of hydrogen-bond acceptors (Lipinski definition) is 6. The van der Waals surface area contributed by atoms with E-state index in [0.29, 0.717) is 24.6 Å². The van der Waals surface area contributed by atoms with Crippen LogP contribution in [0.5, 0.6) is 5.75 Å². The standard InChI is InChI=1S/C37H42BrN3O5S2/c1-4-6-24-39-37(43)35(25-28-10-8-7-9-11-28)40(26-29-12-14-30(38)15-13-29)36(42)27-41(31-16-18-32(19-17-31)46-5-2)48(44,45)34-22-20-33(47-3)21-23-34/h7-23,35H,4-6,24-27H2,1-3H3,(H,39,43)/t35-/m0/s1. The summed E-state index contributed by atoms with van der Waals surface area (Å²) in [5.74, 6) is -0.221. The van der Waals surface area contributed by atoms with Crippen LogP contribution in [0.25, 0.3) is 0 Å². The van der Waals surface area contributed by atoms with Gasteiger partial charge in [0.15, 0.2) is 0 Å². The van der Waals surface area contributed by atoms with Gasteiger partial charge in [0, 0.05) is 28.9 Å². The molecule has 0 bridgehead atoms. The normalized spacial score (nSPS) is 11.8. The first-order valence-electron chi connectivity index (χ1n) is 15.9. The number of amides is 2. The van der Waals surface area contributed by atoms with Gasteiger partial charge in [-0.1, -0.05) is 71.7 Å². The lowest BCUT2D eigenvalue weighted by Crippen LogP contribution is -2.53. The third-order valence-electron chi connectivity index (χ3n) is 7.73. The maximum absolute atomic E-state index is 14.6. The van der Waals surface area contributed by atoms with E-state index in [0.717, 1.165) is 37.6 Å². The minimum absolute atomic E-state index is 0.0552. The maximum atomic E-state index is 14.6. The maximum Gasteiger partial charge on any atom is 0.264 e. The van der Waals surface area contributed by atoms with Crippen molar-refractivity contribution in [3.63, 3.8) is 0 Å². The summed E-state index contributed by atoms with van der Waals surface area (Å²) in [4.78, 5) is 31.0. The molecule has 0 aliphatic carbocycles. The second-order valence-corrected chi connectivity index (χ2v) is 14.8. The van der Waals surface area contributed by atoms with Crippen molar-refractivity contribution < 1.29 is 22.7 Å². The monoisotopic (exact) mass is 751 g/mol. The number of unbranched alkanes of at least 4 members (excludes halogenated alkanes) is 1. The Hall–Kier alpha value is -3.80. The summed E-state index contributed by atoms with van der Waals surface area (Å²) in [5.41, 5.74) is 1.98. The van der Waals surface area contributed by atoms with Crippen molar-refractivity contribution in [3.05, 3.63) is 119 Å². The van der Waals surface area contributed by atoms with Crippen LogP contribution >= 0.6 is 27.7 Å². The fourth-order valence-corrected chi connectivity index (χ4v) is 7.21. The Bertz CT molecular complexity index is 1720. The molecule has 0 heterocycles. The van der Waals surface area contributed by atoms with Gasteiger partial charge in [0.05, 0.1) is 17.2 Å². The van der Waals surface area contributed by atoms with Crippen LogP contribution in [-0.4, -0.2) is 57.1 Å². The number of anilines is 1. The van der Waals surface area contributed by atoms with Crippen molar-refractivity contribution in [2.45, 2.75) is 55.5 Å². The number of nitrogens with one attached hydrogen (secondary N) is 1. The number of hydrogen-bond donors (Lipinski definition) is 1. The number of thioether (sulfide) groups is 1. The molecule has 0 aromatic heterocycles. The van der Waals surface area contributed by atoms with E-state index >= 15 is 0 Å². The summed E-state index contributed by atoms with van der Waals surface area (Å²) in [6.45, 7) is 4.41. The Labute approximate surface area is 297 Å². The summed E-state index contributed by atoms with van der Waals surface area (Å²) in [6, 6.07) is 29.3. The van der Waals surface area contributed by atoms with E-state index in [1.165, 1.54) is 16.7 Å². The van der Waals surface area contributed by atoms with Gasteiger partial charge in [-0.3, -0.25) is 13.9 Å². The topological polar surface area (TPSA) is 96.0 Å². The number of ether oxygens (including phenoxy) is 1. The highest BCUT2D eigenvalue weighted by molar-refractivity contribution is 9.10. The van der Waals surface area contributed by atoms with Gasteiger partial charge in [-0.2, -0.15) is 0 Å². The van der Waals surface area contributed by atoms with Gasteiger partial charge in [0.25, 0.3) is 10.0 Å². The van der Waals surface area contributed by atoms with Crippen molar-refractivity contribution in [1.82, 2.24) is 10.2 Å². The molecule has 4 aromatic rings. The molecule has 1 atom stereocenters. The lowest BCUT2D eigenvalue weighted by molar-refractivity contribution is -0.140. The Kier molecular flexibility index (Phi) is 14.0. The van der Waals surface area contributed by atoms with Gasteiger partial charge >= 0.3 is 0 Å². The van der Waals surface area contributed by atoms with Crippen LogP contribution in [-0.2, 0) is 32.6 Å². The number of carbonyl (C=O) groups is 2. The number of carbonyl (C=O) groups excluding carboxylic acids is 2. The average molecular weight is 753 g/mol. The molecule has 8 nitrogen and oxygen atoms in total. The smallest absolute Gasteiger partial charge is 0.264 e. The zero-order valence-electron chi connectivity index (χ0n) is 27.5. The number of sulfonamides is 1. The van der Waals surface area contributed by atoms with E-state index in [1.54, 1.807) is 48.5 Å². The van der Waals surface area contributed by atoms with E-state index in [9.17, 15) is 18.0 Å². The SMILES string of the molecule is CCCCNC(=O)[C@H](Cc1ccccc1)N(Cc1ccc(Br)cc1)C(=O)CN(c1ccc(OCC)cc1)S(=O)(=O)c1ccc(SC)cc1. The first-order chi connectivity index (χ1) is 23.2. The lowest BCUT2D eigenvalue weighted by Gasteiger charge is -2.34. The van der Waals surface area contributed by atoms with Gasteiger partial charge < -0.3 is 15.0 Å². The summed E-state index contributed by atoms with van der Waals surface area (Å²) in [6.07, 6.45) is 3.87. The van der Waals surface area contributed by atoms with Gasteiger partial charge in [-0.05, 0) is 91.4 Å². The Balaban J connectivity index is 1.79. The van der Waals surface area contributed by atoms with Crippen LogP contribution in [0.1, 0.15) is 37.8 Å². The minimum atomic E-state index is -4.20. The summed E-state index contributed by atoms with van der Waals surface area (Å²) < 4.78 is 36.2. The Morgan fingerprint density at radius 3 is 2.15 bits per heavy atom. The molecule has 0 spiro atoms. The summed E-state index contributed by atoms with van der Waals surface area (Å²) in [5, 5.41) is 3.02. The largest absolute Gasteiger partial charge is 0.494 e. The first kappa shape index (κ1) is 37.0. The van der Waals surface area contributed by atoms with E-state index in [2.05, 4.69) is 21.2 Å². The zero-order valence-corrected chi connectivity index (χ0v) is 30.7. The van der Waals surface area contributed by atoms with Crippen molar-refractivity contribution in [2.75, 3.05) is 30.3 Å². The van der Waals surface area contributed by atoms with E-state index in [4.69, 9.17) is 4.74 Å². The third kappa shape index (κ3) is 10.1. The molecule has 0 fully saturated rings. The van der Waals surface area contributed by atoms with Gasteiger partial charge in [0.2, 0.25) is 11.8 Å². The molecule has 11 heteroatoms. The molecule has 0 saturated heterocycles. The van der Waals surface area contributed by atoms with Gasteiger partial charge in [-0.15, -0.1) is 11.8 Å². The second-order valence-electron chi connectivity index (χ2n) is 11.1. The number of halogens is 1. The molecule has 2 amide bonds. The highest BCUT2D eigenvalue weighted by Gasteiger charge is 2.34. The van der Waals surface area contributed by atoms with Crippen molar-refractivity contribution >= 4 is 55.2 Å². The molecule has 4 rings (SSSR count). The Morgan fingerprint density at radius 2 is 1.54 bits per heavy atom. The molecular weight excluding hydrogens is 710 g/mol. The van der Waals surface area contributed by atoms with Crippen molar-refractivity contribution in [2.24, 2.45) is 0 Å². The molecule has 0 unspecified atom stereocenters. The van der Waals surface area contributed by atoms with E-state index in [1.807, 2.05) is 74.7 Å². The van der Waals surface area contributed by atoms with Crippen LogP contribution in [0, 0.1) is 0 Å². The van der Waals surface area contributed by atoms with Crippen LogP contribution in [0.2, 0.25) is 0 Å². The molecule has 0 aliphatic heterocycles. The molecule has 254 valence electrons. The van der Waals surface area contributed by atoms with Crippen molar-refractivity contribution in [1.29, 1.82) is 0 Å². The van der Waals surface area contributed by atoms with E-state index in [-0.39, 0.29) is 23.8 Å². The predicted octanol–water partition coefficient (Wildman–Crippen LogP) is 7.32. The van der Waals surface area contributed by atoms with Gasteiger partial charge in [0.1, 0.15) is 18.3 Å². The van der Waals surface area contributed by atoms with Crippen LogP contribution in [0.15, 0.2) is 117 Å². The minimum Gasteiger partial charge on any atom is -0.494 e. The highest BCUT2D eigenvalue weighted by atomic mass is 79.9. The quantitative estimate of drug-likeness (QED) is 0.0898. The molecule has 48 heavy (non-hydrogen) atoms. The number of nitrogens with zero attached hydrogens (tertiary/aromatic N) is 2. The van der Waals surface area contributed by atoms with Gasteiger partial charge in [-0.25, -0.2) is 8.42 Å². The van der Waals surface area contributed by atoms with Crippen molar-refractivity contribution in [3.8, 4) is 5.75 Å². The fourth-order valence-electron chi connectivity index (χ4n) is 5.13. The molecule has 0 saturated carbocycles.